The van der Waals surface area contributed by atoms with Gasteiger partial charge in [-0.25, -0.2) is 0 Å². The summed E-state index contributed by atoms with van der Waals surface area (Å²) in [5.41, 5.74) is 3.12. The number of aryl methyl sites for hydroxylation is 2. The van der Waals surface area contributed by atoms with E-state index < -0.39 is 0 Å². The summed E-state index contributed by atoms with van der Waals surface area (Å²) in [6.45, 7) is 6.12. The Hall–Kier alpha value is -0.830. The van der Waals surface area contributed by atoms with E-state index in [0.29, 0.717) is 0 Å². The van der Waals surface area contributed by atoms with Crippen LogP contribution < -0.4 is 5.32 Å². The number of hydrogen-bond acceptors (Lipinski definition) is 1. The molecule has 1 aromatic carbocycles. The van der Waals surface area contributed by atoms with Crippen molar-refractivity contribution in [2.45, 2.75) is 39.7 Å². The first kappa shape index (κ1) is 14.2. The quantitative estimate of drug-likeness (QED) is 0.827. The zero-order chi connectivity index (χ0) is 12.8. The second kappa shape index (κ2) is 6.80. The van der Waals surface area contributed by atoms with Crippen molar-refractivity contribution < 1.29 is 4.79 Å². The lowest BCUT2D eigenvalue weighted by Gasteiger charge is -2.13. The lowest BCUT2D eigenvalue weighted by atomic mass is 10.1. The molecule has 1 amide bonds. The van der Waals surface area contributed by atoms with Crippen LogP contribution in [0, 0.1) is 13.8 Å². The predicted octanol–water partition coefficient (Wildman–Crippen LogP) is 3.60. The third kappa shape index (κ3) is 4.50. The van der Waals surface area contributed by atoms with Gasteiger partial charge in [0.2, 0.25) is 0 Å². The molecular formula is C14H20BrNO. The third-order valence-electron chi connectivity index (χ3n) is 2.92. The van der Waals surface area contributed by atoms with E-state index in [-0.39, 0.29) is 11.9 Å². The summed E-state index contributed by atoms with van der Waals surface area (Å²) in [6.07, 6.45) is 2.08. The SMILES string of the molecule is Cc1ccc(C(=O)NC(C)CCCBr)cc1C. The number of carbonyl (C=O) groups is 1. The molecule has 0 spiro atoms. The summed E-state index contributed by atoms with van der Waals surface area (Å²) >= 11 is 3.39. The molecule has 0 bridgehead atoms. The fourth-order valence-corrected chi connectivity index (χ4v) is 1.97. The van der Waals surface area contributed by atoms with Crippen LogP contribution >= 0.6 is 15.9 Å². The van der Waals surface area contributed by atoms with Crippen molar-refractivity contribution >= 4 is 21.8 Å². The van der Waals surface area contributed by atoms with Crippen LogP contribution in [0.5, 0.6) is 0 Å². The largest absolute Gasteiger partial charge is 0.350 e. The molecule has 0 aliphatic carbocycles. The molecule has 0 heterocycles. The maximum Gasteiger partial charge on any atom is 0.251 e. The molecule has 1 rings (SSSR count). The van der Waals surface area contributed by atoms with Gasteiger partial charge >= 0.3 is 0 Å². The third-order valence-corrected chi connectivity index (χ3v) is 3.48. The van der Waals surface area contributed by atoms with Gasteiger partial charge in [0.15, 0.2) is 0 Å². The van der Waals surface area contributed by atoms with Gasteiger partial charge in [-0.05, 0) is 56.9 Å². The van der Waals surface area contributed by atoms with Crippen molar-refractivity contribution in [2.24, 2.45) is 0 Å². The first-order valence-corrected chi connectivity index (χ1v) is 7.11. The highest BCUT2D eigenvalue weighted by molar-refractivity contribution is 9.09. The first-order valence-electron chi connectivity index (χ1n) is 5.98. The molecule has 3 heteroatoms. The van der Waals surface area contributed by atoms with Gasteiger partial charge in [0.25, 0.3) is 5.91 Å². The minimum absolute atomic E-state index is 0.0233. The van der Waals surface area contributed by atoms with Crippen LogP contribution in [-0.4, -0.2) is 17.3 Å². The molecule has 1 N–H and O–H groups in total. The van der Waals surface area contributed by atoms with Crippen LogP contribution in [0.25, 0.3) is 0 Å². The van der Waals surface area contributed by atoms with Crippen molar-refractivity contribution in [1.29, 1.82) is 0 Å². The van der Waals surface area contributed by atoms with Gasteiger partial charge in [-0.2, -0.15) is 0 Å². The highest BCUT2D eigenvalue weighted by Gasteiger charge is 2.09. The average Bonchev–Trinajstić information content (AvgIpc) is 2.30. The van der Waals surface area contributed by atoms with E-state index in [9.17, 15) is 4.79 Å². The minimum Gasteiger partial charge on any atom is -0.350 e. The fourth-order valence-electron chi connectivity index (χ4n) is 1.65. The summed E-state index contributed by atoms with van der Waals surface area (Å²) in [4.78, 5) is 12.0. The summed E-state index contributed by atoms with van der Waals surface area (Å²) in [7, 11) is 0. The van der Waals surface area contributed by atoms with E-state index in [2.05, 4.69) is 28.2 Å². The lowest BCUT2D eigenvalue weighted by molar-refractivity contribution is 0.0938. The van der Waals surface area contributed by atoms with Crippen LogP contribution in [0.3, 0.4) is 0 Å². The number of alkyl halides is 1. The van der Waals surface area contributed by atoms with Crippen molar-refractivity contribution in [3.63, 3.8) is 0 Å². The Morgan fingerprint density at radius 1 is 1.35 bits per heavy atom. The Morgan fingerprint density at radius 2 is 2.06 bits per heavy atom. The van der Waals surface area contributed by atoms with E-state index in [1.165, 1.54) is 5.56 Å². The number of benzene rings is 1. The Kier molecular flexibility index (Phi) is 5.69. The van der Waals surface area contributed by atoms with Crippen molar-refractivity contribution in [3.05, 3.63) is 34.9 Å². The Labute approximate surface area is 112 Å². The van der Waals surface area contributed by atoms with Crippen molar-refractivity contribution in [3.8, 4) is 0 Å². The summed E-state index contributed by atoms with van der Waals surface area (Å²) in [5.74, 6) is 0.0233. The highest BCUT2D eigenvalue weighted by Crippen LogP contribution is 2.10. The molecule has 1 unspecified atom stereocenters. The van der Waals surface area contributed by atoms with E-state index in [1.54, 1.807) is 0 Å². The molecule has 0 saturated carbocycles. The molecular weight excluding hydrogens is 278 g/mol. The number of hydrogen-bond donors (Lipinski definition) is 1. The highest BCUT2D eigenvalue weighted by atomic mass is 79.9. The number of carbonyl (C=O) groups excluding carboxylic acids is 1. The van der Waals surface area contributed by atoms with Crippen LogP contribution in [0.2, 0.25) is 0 Å². The molecule has 1 atom stereocenters. The molecule has 0 aromatic heterocycles. The normalized spacial score (nSPS) is 12.2. The zero-order valence-electron chi connectivity index (χ0n) is 10.7. The standard InChI is InChI=1S/C14H20BrNO/c1-10-6-7-13(9-11(10)2)14(17)16-12(3)5-4-8-15/h6-7,9,12H,4-5,8H2,1-3H3,(H,16,17). The molecule has 0 saturated heterocycles. The lowest BCUT2D eigenvalue weighted by Crippen LogP contribution is -2.32. The van der Waals surface area contributed by atoms with Crippen molar-refractivity contribution in [1.82, 2.24) is 5.32 Å². The van der Waals surface area contributed by atoms with Gasteiger partial charge in [-0.1, -0.05) is 22.0 Å². The molecule has 1 aromatic rings. The molecule has 0 aliphatic rings. The van der Waals surface area contributed by atoms with E-state index in [4.69, 9.17) is 0 Å². The van der Waals surface area contributed by atoms with Gasteiger partial charge in [0.05, 0.1) is 0 Å². The molecule has 0 fully saturated rings. The summed E-state index contributed by atoms with van der Waals surface area (Å²) in [6, 6.07) is 6.05. The predicted molar refractivity (Wildman–Crippen MR) is 75.9 cm³/mol. The molecule has 17 heavy (non-hydrogen) atoms. The van der Waals surface area contributed by atoms with Crippen LogP contribution in [0.15, 0.2) is 18.2 Å². The van der Waals surface area contributed by atoms with Crippen LogP contribution in [-0.2, 0) is 0 Å². The Balaban J connectivity index is 2.60. The smallest absolute Gasteiger partial charge is 0.251 e. The van der Waals surface area contributed by atoms with Gasteiger partial charge in [-0.3, -0.25) is 4.79 Å². The number of amides is 1. The Morgan fingerprint density at radius 3 is 2.65 bits per heavy atom. The zero-order valence-corrected chi connectivity index (χ0v) is 12.3. The number of nitrogens with one attached hydrogen (secondary N) is 1. The van der Waals surface area contributed by atoms with Crippen molar-refractivity contribution in [2.75, 3.05) is 5.33 Å². The van der Waals surface area contributed by atoms with Crippen LogP contribution in [0.4, 0.5) is 0 Å². The summed E-state index contributed by atoms with van der Waals surface area (Å²) < 4.78 is 0. The van der Waals surface area contributed by atoms with Gasteiger partial charge < -0.3 is 5.32 Å². The van der Waals surface area contributed by atoms with Gasteiger partial charge in [0, 0.05) is 16.9 Å². The second-order valence-electron chi connectivity index (χ2n) is 4.50. The fraction of sp³-hybridized carbons (Fsp3) is 0.500. The maximum absolute atomic E-state index is 12.0. The molecule has 94 valence electrons. The van der Waals surface area contributed by atoms with E-state index in [0.717, 1.165) is 29.3 Å². The topological polar surface area (TPSA) is 29.1 Å². The number of halogens is 1. The van der Waals surface area contributed by atoms with Gasteiger partial charge in [0.1, 0.15) is 0 Å². The average molecular weight is 298 g/mol. The first-order chi connectivity index (χ1) is 8.04. The van der Waals surface area contributed by atoms with E-state index >= 15 is 0 Å². The molecule has 2 nitrogen and oxygen atoms in total. The Bertz CT molecular complexity index is 390. The summed E-state index contributed by atoms with van der Waals surface area (Å²) in [5, 5.41) is 4.00. The second-order valence-corrected chi connectivity index (χ2v) is 5.30. The number of rotatable bonds is 5. The monoisotopic (exact) mass is 297 g/mol. The van der Waals surface area contributed by atoms with Crippen LogP contribution in [0.1, 0.15) is 41.3 Å². The van der Waals surface area contributed by atoms with Gasteiger partial charge in [-0.15, -0.1) is 0 Å². The molecule has 0 radical (unpaired) electrons. The van der Waals surface area contributed by atoms with E-state index in [1.807, 2.05) is 32.0 Å². The minimum atomic E-state index is 0.0233. The maximum atomic E-state index is 12.0. The molecule has 0 aliphatic heterocycles.